The standard InChI is InChI=1S/C14H19BrN2O/c1-14(7-3-2-4-8-14)13(18)17-12-6-5-10(15)9-11(12)16/h5-6,9H,2-4,7-8,16H2,1H3,(H,17,18). The molecule has 1 saturated carbocycles. The van der Waals surface area contributed by atoms with E-state index < -0.39 is 0 Å². The summed E-state index contributed by atoms with van der Waals surface area (Å²) in [5.74, 6) is 0.0937. The van der Waals surface area contributed by atoms with Crippen molar-refractivity contribution in [2.45, 2.75) is 39.0 Å². The minimum atomic E-state index is -0.238. The lowest BCUT2D eigenvalue weighted by Crippen LogP contribution is -2.35. The summed E-state index contributed by atoms with van der Waals surface area (Å²) in [5, 5.41) is 2.96. The molecule has 0 aromatic heterocycles. The van der Waals surface area contributed by atoms with Gasteiger partial charge in [0.1, 0.15) is 0 Å². The molecule has 3 N–H and O–H groups in total. The van der Waals surface area contributed by atoms with Crippen molar-refractivity contribution in [1.29, 1.82) is 0 Å². The highest BCUT2D eigenvalue weighted by atomic mass is 79.9. The number of nitrogen functional groups attached to an aromatic ring is 1. The predicted molar refractivity (Wildman–Crippen MR) is 78.4 cm³/mol. The summed E-state index contributed by atoms with van der Waals surface area (Å²) < 4.78 is 0.918. The van der Waals surface area contributed by atoms with Crippen LogP contribution in [0.3, 0.4) is 0 Å². The largest absolute Gasteiger partial charge is 0.397 e. The first-order valence-electron chi connectivity index (χ1n) is 6.38. The minimum Gasteiger partial charge on any atom is -0.397 e. The Morgan fingerprint density at radius 2 is 2.00 bits per heavy atom. The molecule has 1 aliphatic carbocycles. The second kappa shape index (κ2) is 5.31. The van der Waals surface area contributed by atoms with Gasteiger partial charge in [-0.05, 0) is 31.0 Å². The third-order valence-electron chi connectivity index (χ3n) is 3.77. The third-order valence-corrected chi connectivity index (χ3v) is 4.26. The molecule has 0 atom stereocenters. The highest BCUT2D eigenvalue weighted by Crippen LogP contribution is 2.37. The molecule has 1 aromatic carbocycles. The zero-order chi connectivity index (χ0) is 13.2. The second-order valence-electron chi connectivity index (χ2n) is 5.31. The number of anilines is 2. The normalized spacial score (nSPS) is 18.3. The Balaban J connectivity index is 2.11. The van der Waals surface area contributed by atoms with Gasteiger partial charge < -0.3 is 11.1 Å². The average molecular weight is 311 g/mol. The number of carbonyl (C=O) groups excluding carboxylic acids is 1. The van der Waals surface area contributed by atoms with Crippen LogP contribution in [0.25, 0.3) is 0 Å². The van der Waals surface area contributed by atoms with E-state index in [1.165, 1.54) is 6.42 Å². The maximum Gasteiger partial charge on any atom is 0.230 e. The lowest BCUT2D eigenvalue weighted by Gasteiger charge is -2.32. The van der Waals surface area contributed by atoms with Crippen LogP contribution < -0.4 is 11.1 Å². The average Bonchev–Trinajstić information content (AvgIpc) is 2.33. The van der Waals surface area contributed by atoms with Crippen molar-refractivity contribution in [3.8, 4) is 0 Å². The number of rotatable bonds is 2. The van der Waals surface area contributed by atoms with Crippen LogP contribution in [0.4, 0.5) is 11.4 Å². The second-order valence-corrected chi connectivity index (χ2v) is 6.22. The van der Waals surface area contributed by atoms with E-state index in [1.54, 1.807) is 6.07 Å². The fraction of sp³-hybridized carbons (Fsp3) is 0.500. The van der Waals surface area contributed by atoms with Gasteiger partial charge in [-0.3, -0.25) is 4.79 Å². The topological polar surface area (TPSA) is 55.1 Å². The van der Waals surface area contributed by atoms with Crippen LogP contribution in [0, 0.1) is 5.41 Å². The Kier molecular flexibility index (Phi) is 3.95. The molecule has 4 heteroatoms. The van der Waals surface area contributed by atoms with Crippen molar-refractivity contribution in [2.75, 3.05) is 11.1 Å². The third kappa shape index (κ3) is 2.86. The summed E-state index contributed by atoms with van der Waals surface area (Å²) in [7, 11) is 0. The van der Waals surface area contributed by atoms with Gasteiger partial charge in [0.15, 0.2) is 0 Å². The highest BCUT2D eigenvalue weighted by Gasteiger charge is 2.34. The SMILES string of the molecule is CC1(C(=O)Nc2ccc(Br)cc2N)CCCCC1. The van der Waals surface area contributed by atoms with Crippen LogP contribution in [0.15, 0.2) is 22.7 Å². The van der Waals surface area contributed by atoms with Crippen molar-refractivity contribution in [3.63, 3.8) is 0 Å². The fourth-order valence-corrected chi connectivity index (χ4v) is 2.86. The van der Waals surface area contributed by atoms with Crippen molar-refractivity contribution in [3.05, 3.63) is 22.7 Å². The molecule has 98 valence electrons. The summed E-state index contributed by atoms with van der Waals surface area (Å²) in [6, 6.07) is 5.53. The number of carbonyl (C=O) groups is 1. The summed E-state index contributed by atoms with van der Waals surface area (Å²) in [6.07, 6.45) is 5.45. The maximum atomic E-state index is 12.3. The molecule has 0 unspecified atom stereocenters. The Hall–Kier alpha value is -1.03. The molecule has 1 fully saturated rings. The van der Waals surface area contributed by atoms with E-state index in [0.29, 0.717) is 11.4 Å². The van der Waals surface area contributed by atoms with E-state index in [9.17, 15) is 4.79 Å². The molecular weight excluding hydrogens is 292 g/mol. The molecule has 0 heterocycles. The molecule has 18 heavy (non-hydrogen) atoms. The number of nitrogens with one attached hydrogen (secondary N) is 1. The summed E-state index contributed by atoms with van der Waals surface area (Å²) in [5.41, 5.74) is 6.96. The Bertz CT molecular complexity index is 453. The van der Waals surface area contributed by atoms with Gasteiger partial charge in [-0.1, -0.05) is 42.1 Å². The molecule has 0 saturated heterocycles. The van der Waals surface area contributed by atoms with Gasteiger partial charge in [0.05, 0.1) is 11.4 Å². The number of amides is 1. The van der Waals surface area contributed by atoms with Gasteiger partial charge in [0.2, 0.25) is 5.91 Å². The Morgan fingerprint density at radius 1 is 1.33 bits per heavy atom. The predicted octanol–water partition coefficient (Wildman–Crippen LogP) is 3.94. The summed E-state index contributed by atoms with van der Waals surface area (Å²) >= 11 is 3.36. The molecule has 0 spiro atoms. The van der Waals surface area contributed by atoms with Gasteiger partial charge in [0, 0.05) is 9.89 Å². The van der Waals surface area contributed by atoms with Crippen LogP contribution in [-0.4, -0.2) is 5.91 Å². The quantitative estimate of drug-likeness (QED) is 0.813. The van der Waals surface area contributed by atoms with Gasteiger partial charge in [-0.25, -0.2) is 0 Å². The van der Waals surface area contributed by atoms with E-state index in [2.05, 4.69) is 28.2 Å². The smallest absolute Gasteiger partial charge is 0.230 e. The van der Waals surface area contributed by atoms with Crippen molar-refractivity contribution >= 4 is 33.2 Å². The number of hydrogen-bond acceptors (Lipinski definition) is 2. The molecule has 0 bridgehead atoms. The zero-order valence-electron chi connectivity index (χ0n) is 10.6. The number of benzene rings is 1. The number of nitrogens with two attached hydrogens (primary N) is 1. The first-order valence-corrected chi connectivity index (χ1v) is 7.17. The van der Waals surface area contributed by atoms with Crippen LogP contribution in [-0.2, 0) is 4.79 Å². The molecule has 1 aliphatic rings. The highest BCUT2D eigenvalue weighted by molar-refractivity contribution is 9.10. The maximum absolute atomic E-state index is 12.3. The van der Waals surface area contributed by atoms with Crippen LogP contribution in [0.2, 0.25) is 0 Å². The van der Waals surface area contributed by atoms with Crippen LogP contribution >= 0.6 is 15.9 Å². The molecule has 0 aliphatic heterocycles. The van der Waals surface area contributed by atoms with Crippen molar-refractivity contribution in [2.24, 2.45) is 5.41 Å². The van der Waals surface area contributed by atoms with Gasteiger partial charge in [0.25, 0.3) is 0 Å². The van der Waals surface area contributed by atoms with Crippen LogP contribution in [0.1, 0.15) is 39.0 Å². The first-order chi connectivity index (χ1) is 8.51. The van der Waals surface area contributed by atoms with E-state index in [-0.39, 0.29) is 11.3 Å². The van der Waals surface area contributed by atoms with Crippen LogP contribution in [0.5, 0.6) is 0 Å². The van der Waals surface area contributed by atoms with E-state index >= 15 is 0 Å². The summed E-state index contributed by atoms with van der Waals surface area (Å²) in [4.78, 5) is 12.3. The molecule has 2 rings (SSSR count). The zero-order valence-corrected chi connectivity index (χ0v) is 12.2. The van der Waals surface area contributed by atoms with E-state index in [4.69, 9.17) is 5.73 Å². The van der Waals surface area contributed by atoms with Gasteiger partial charge >= 0.3 is 0 Å². The monoisotopic (exact) mass is 310 g/mol. The van der Waals surface area contributed by atoms with E-state index in [1.807, 2.05) is 12.1 Å². The van der Waals surface area contributed by atoms with Crippen molar-refractivity contribution in [1.82, 2.24) is 0 Å². The molecule has 1 amide bonds. The minimum absolute atomic E-state index is 0.0937. The lowest BCUT2D eigenvalue weighted by atomic mass is 9.75. The molecular formula is C14H19BrN2O. The molecule has 1 aromatic rings. The number of halogens is 1. The number of hydrogen-bond donors (Lipinski definition) is 2. The Labute approximate surface area is 116 Å². The molecule has 3 nitrogen and oxygen atoms in total. The Morgan fingerprint density at radius 3 is 2.61 bits per heavy atom. The van der Waals surface area contributed by atoms with Gasteiger partial charge in [-0.15, -0.1) is 0 Å². The van der Waals surface area contributed by atoms with E-state index in [0.717, 1.165) is 30.2 Å². The fourth-order valence-electron chi connectivity index (χ4n) is 2.48. The lowest BCUT2D eigenvalue weighted by molar-refractivity contribution is -0.126. The van der Waals surface area contributed by atoms with Crippen molar-refractivity contribution < 1.29 is 4.79 Å². The molecule has 0 radical (unpaired) electrons. The summed E-state index contributed by atoms with van der Waals surface area (Å²) in [6.45, 7) is 2.05. The first kappa shape index (κ1) is 13.4. The van der Waals surface area contributed by atoms with Gasteiger partial charge in [-0.2, -0.15) is 0 Å².